The summed E-state index contributed by atoms with van der Waals surface area (Å²) >= 11 is 0. The summed E-state index contributed by atoms with van der Waals surface area (Å²) in [4.78, 5) is 0. The Balaban J connectivity index is 1.80. The SMILES string of the molecule is CC(NCc1cccn1C)C1CCOC1. The molecule has 1 aromatic heterocycles. The molecule has 2 heterocycles. The lowest BCUT2D eigenvalue weighted by Gasteiger charge is -2.19. The molecule has 2 atom stereocenters. The summed E-state index contributed by atoms with van der Waals surface area (Å²) in [6, 6.07) is 4.79. The predicted octanol–water partition coefficient (Wildman–Crippen LogP) is 1.54. The van der Waals surface area contributed by atoms with E-state index in [9.17, 15) is 0 Å². The van der Waals surface area contributed by atoms with Crippen LogP contribution < -0.4 is 5.32 Å². The van der Waals surface area contributed by atoms with Crippen molar-refractivity contribution in [2.75, 3.05) is 13.2 Å². The summed E-state index contributed by atoms with van der Waals surface area (Å²) in [5, 5.41) is 3.57. The number of aromatic nitrogens is 1. The fraction of sp³-hybridized carbons (Fsp3) is 0.667. The quantitative estimate of drug-likeness (QED) is 0.812. The maximum Gasteiger partial charge on any atom is 0.0509 e. The fourth-order valence-corrected chi connectivity index (χ4v) is 2.06. The van der Waals surface area contributed by atoms with Crippen LogP contribution >= 0.6 is 0 Å². The van der Waals surface area contributed by atoms with Crippen LogP contribution in [0.25, 0.3) is 0 Å². The minimum Gasteiger partial charge on any atom is -0.381 e. The van der Waals surface area contributed by atoms with Crippen LogP contribution in [0.1, 0.15) is 19.0 Å². The molecule has 3 nitrogen and oxygen atoms in total. The molecule has 1 aromatic rings. The molecule has 0 aliphatic carbocycles. The Hall–Kier alpha value is -0.800. The second-order valence-electron chi connectivity index (χ2n) is 4.40. The van der Waals surface area contributed by atoms with Crippen LogP contribution in [0.15, 0.2) is 18.3 Å². The Labute approximate surface area is 91.4 Å². The number of hydrogen-bond donors (Lipinski definition) is 1. The Morgan fingerprint density at radius 1 is 1.67 bits per heavy atom. The maximum absolute atomic E-state index is 5.39. The second-order valence-corrected chi connectivity index (χ2v) is 4.40. The van der Waals surface area contributed by atoms with E-state index in [-0.39, 0.29) is 0 Å². The first-order valence-electron chi connectivity index (χ1n) is 5.68. The highest BCUT2D eigenvalue weighted by Gasteiger charge is 2.21. The zero-order valence-corrected chi connectivity index (χ0v) is 9.57. The molecule has 15 heavy (non-hydrogen) atoms. The first kappa shape index (κ1) is 10.7. The summed E-state index contributed by atoms with van der Waals surface area (Å²) in [5.74, 6) is 0.685. The monoisotopic (exact) mass is 208 g/mol. The van der Waals surface area contributed by atoms with Crippen molar-refractivity contribution in [1.29, 1.82) is 0 Å². The van der Waals surface area contributed by atoms with Crippen LogP contribution in [-0.4, -0.2) is 23.8 Å². The minimum absolute atomic E-state index is 0.544. The number of nitrogens with one attached hydrogen (secondary N) is 1. The number of ether oxygens (including phenoxy) is 1. The van der Waals surface area contributed by atoms with Crippen molar-refractivity contribution in [3.63, 3.8) is 0 Å². The van der Waals surface area contributed by atoms with Gasteiger partial charge in [-0.25, -0.2) is 0 Å². The summed E-state index contributed by atoms with van der Waals surface area (Å²) in [6.07, 6.45) is 3.28. The van der Waals surface area contributed by atoms with Crippen molar-refractivity contribution in [2.24, 2.45) is 13.0 Å². The van der Waals surface area contributed by atoms with E-state index in [2.05, 4.69) is 42.2 Å². The first-order chi connectivity index (χ1) is 7.27. The smallest absolute Gasteiger partial charge is 0.0509 e. The number of hydrogen-bond acceptors (Lipinski definition) is 2. The van der Waals surface area contributed by atoms with Crippen molar-refractivity contribution >= 4 is 0 Å². The van der Waals surface area contributed by atoms with E-state index in [1.54, 1.807) is 0 Å². The van der Waals surface area contributed by atoms with Gasteiger partial charge in [0, 0.05) is 38.1 Å². The molecule has 0 spiro atoms. The van der Waals surface area contributed by atoms with Gasteiger partial charge in [-0.1, -0.05) is 0 Å². The number of aryl methyl sites for hydroxylation is 1. The molecule has 1 fully saturated rings. The topological polar surface area (TPSA) is 26.2 Å². The zero-order valence-electron chi connectivity index (χ0n) is 9.57. The largest absolute Gasteiger partial charge is 0.381 e. The lowest BCUT2D eigenvalue weighted by atomic mass is 10.0. The van der Waals surface area contributed by atoms with E-state index in [1.165, 1.54) is 12.1 Å². The highest BCUT2D eigenvalue weighted by molar-refractivity contribution is 5.06. The van der Waals surface area contributed by atoms with Crippen molar-refractivity contribution in [2.45, 2.75) is 25.9 Å². The Morgan fingerprint density at radius 2 is 2.53 bits per heavy atom. The molecule has 1 N–H and O–H groups in total. The van der Waals surface area contributed by atoms with E-state index in [0.717, 1.165) is 19.8 Å². The minimum atomic E-state index is 0.544. The molecule has 0 bridgehead atoms. The van der Waals surface area contributed by atoms with Gasteiger partial charge in [-0.3, -0.25) is 0 Å². The lowest BCUT2D eigenvalue weighted by Crippen LogP contribution is -2.33. The van der Waals surface area contributed by atoms with Crippen LogP contribution in [-0.2, 0) is 18.3 Å². The van der Waals surface area contributed by atoms with Crippen LogP contribution in [0.2, 0.25) is 0 Å². The molecular weight excluding hydrogens is 188 g/mol. The van der Waals surface area contributed by atoms with Gasteiger partial charge in [0.05, 0.1) is 6.61 Å². The van der Waals surface area contributed by atoms with Gasteiger partial charge < -0.3 is 14.6 Å². The van der Waals surface area contributed by atoms with Gasteiger partial charge in [-0.05, 0) is 31.4 Å². The van der Waals surface area contributed by atoms with Gasteiger partial charge in [0.2, 0.25) is 0 Å². The molecule has 0 aromatic carbocycles. The third-order valence-electron chi connectivity index (χ3n) is 3.33. The summed E-state index contributed by atoms with van der Waals surface area (Å²) < 4.78 is 7.55. The average Bonchev–Trinajstić information content (AvgIpc) is 2.85. The highest BCUT2D eigenvalue weighted by Crippen LogP contribution is 2.16. The Kier molecular flexibility index (Phi) is 3.44. The van der Waals surface area contributed by atoms with Crippen molar-refractivity contribution < 1.29 is 4.74 Å². The molecule has 1 aliphatic rings. The van der Waals surface area contributed by atoms with E-state index in [1.807, 2.05) is 0 Å². The second kappa shape index (κ2) is 4.81. The lowest BCUT2D eigenvalue weighted by molar-refractivity contribution is 0.178. The van der Waals surface area contributed by atoms with E-state index in [0.29, 0.717) is 12.0 Å². The predicted molar refractivity (Wildman–Crippen MR) is 60.6 cm³/mol. The molecule has 0 amide bonds. The van der Waals surface area contributed by atoms with E-state index in [4.69, 9.17) is 4.74 Å². The normalized spacial score (nSPS) is 23.2. The number of nitrogens with zero attached hydrogens (tertiary/aromatic N) is 1. The van der Waals surface area contributed by atoms with Crippen LogP contribution in [0, 0.1) is 5.92 Å². The average molecular weight is 208 g/mol. The Morgan fingerprint density at radius 3 is 3.13 bits per heavy atom. The van der Waals surface area contributed by atoms with Crippen LogP contribution in [0.5, 0.6) is 0 Å². The summed E-state index contributed by atoms with van der Waals surface area (Å²) in [5.41, 5.74) is 1.33. The van der Waals surface area contributed by atoms with Crippen molar-refractivity contribution in [3.8, 4) is 0 Å². The fourth-order valence-electron chi connectivity index (χ4n) is 2.06. The zero-order chi connectivity index (χ0) is 10.7. The van der Waals surface area contributed by atoms with Gasteiger partial charge in [-0.2, -0.15) is 0 Å². The maximum atomic E-state index is 5.39. The number of rotatable bonds is 4. The molecule has 0 saturated carbocycles. The molecule has 1 saturated heterocycles. The summed E-state index contributed by atoms with van der Waals surface area (Å²) in [7, 11) is 2.08. The van der Waals surface area contributed by atoms with E-state index < -0.39 is 0 Å². The van der Waals surface area contributed by atoms with Crippen LogP contribution in [0.4, 0.5) is 0 Å². The standard InChI is InChI=1S/C12H20N2O/c1-10(11-5-7-15-9-11)13-8-12-4-3-6-14(12)2/h3-4,6,10-11,13H,5,7-9H2,1-2H3. The Bertz CT molecular complexity index is 302. The third kappa shape index (κ3) is 2.61. The molecule has 2 rings (SSSR count). The molecular formula is C12H20N2O. The molecule has 84 valence electrons. The highest BCUT2D eigenvalue weighted by atomic mass is 16.5. The van der Waals surface area contributed by atoms with E-state index >= 15 is 0 Å². The first-order valence-corrected chi connectivity index (χ1v) is 5.68. The molecule has 3 heteroatoms. The third-order valence-corrected chi connectivity index (χ3v) is 3.33. The van der Waals surface area contributed by atoms with Gasteiger partial charge in [-0.15, -0.1) is 0 Å². The summed E-state index contributed by atoms with van der Waals surface area (Å²) in [6.45, 7) is 5.05. The van der Waals surface area contributed by atoms with Gasteiger partial charge in [0.1, 0.15) is 0 Å². The van der Waals surface area contributed by atoms with Crippen LogP contribution in [0.3, 0.4) is 0 Å². The van der Waals surface area contributed by atoms with Gasteiger partial charge in [0.25, 0.3) is 0 Å². The molecule has 2 unspecified atom stereocenters. The van der Waals surface area contributed by atoms with Gasteiger partial charge >= 0.3 is 0 Å². The van der Waals surface area contributed by atoms with Gasteiger partial charge in [0.15, 0.2) is 0 Å². The molecule has 0 radical (unpaired) electrons. The van der Waals surface area contributed by atoms with Crippen molar-refractivity contribution in [3.05, 3.63) is 24.0 Å². The molecule has 1 aliphatic heterocycles. The van der Waals surface area contributed by atoms with Crippen molar-refractivity contribution in [1.82, 2.24) is 9.88 Å².